The second-order valence-corrected chi connectivity index (χ2v) is 13.1. The Labute approximate surface area is 245 Å². The molecule has 4 rings (SSSR count). The fourth-order valence-corrected chi connectivity index (χ4v) is 6.60. The summed E-state index contributed by atoms with van der Waals surface area (Å²) in [5.74, 6) is -0.695. The van der Waals surface area contributed by atoms with E-state index in [1.165, 1.54) is 23.5 Å². The Morgan fingerprint density at radius 3 is 2.17 bits per heavy atom. The summed E-state index contributed by atoms with van der Waals surface area (Å²) in [6.07, 6.45) is 5.17. The molecule has 9 heteroatoms. The maximum atomic E-state index is 14.0. The molecule has 1 fully saturated rings. The van der Waals surface area contributed by atoms with Gasteiger partial charge in [0.05, 0.1) is 10.6 Å². The highest BCUT2D eigenvalue weighted by Crippen LogP contribution is 2.25. The maximum absolute atomic E-state index is 14.0. The highest BCUT2D eigenvalue weighted by molar-refractivity contribution is 9.10. The number of hydrogen-bond donors (Lipinski definition) is 1. The molecule has 212 valence electrons. The van der Waals surface area contributed by atoms with Crippen molar-refractivity contribution in [3.8, 4) is 0 Å². The van der Waals surface area contributed by atoms with E-state index in [4.69, 9.17) is 0 Å². The Bertz CT molecular complexity index is 1390. The van der Waals surface area contributed by atoms with E-state index in [2.05, 4.69) is 21.2 Å². The SMILES string of the molecule is Cc1ccc(N(CC(=O)N(Cc2ccc(Br)cc2)[C@@H](C)C(=O)NC2CCCCC2)S(=O)(=O)c2ccccc2)cc1. The first kappa shape index (κ1) is 29.8. The number of nitrogens with one attached hydrogen (secondary N) is 1. The first-order chi connectivity index (χ1) is 19.1. The predicted molar refractivity (Wildman–Crippen MR) is 161 cm³/mol. The van der Waals surface area contributed by atoms with Gasteiger partial charge in [-0.1, -0.05) is 83.2 Å². The van der Waals surface area contributed by atoms with E-state index in [1.54, 1.807) is 37.3 Å². The number of nitrogens with zero attached hydrogens (tertiary/aromatic N) is 2. The summed E-state index contributed by atoms with van der Waals surface area (Å²) in [5.41, 5.74) is 2.18. The van der Waals surface area contributed by atoms with Gasteiger partial charge in [0.2, 0.25) is 11.8 Å². The summed E-state index contributed by atoms with van der Waals surface area (Å²) in [5, 5.41) is 3.12. The minimum atomic E-state index is -4.06. The van der Waals surface area contributed by atoms with Gasteiger partial charge in [0.15, 0.2) is 0 Å². The number of aryl methyl sites for hydroxylation is 1. The molecule has 0 bridgehead atoms. The quantitative estimate of drug-likeness (QED) is 0.308. The van der Waals surface area contributed by atoms with Crippen molar-refractivity contribution in [2.75, 3.05) is 10.8 Å². The van der Waals surface area contributed by atoms with Gasteiger partial charge in [-0.15, -0.1) is 0 Å². The largest absolute Gasteiger partial charge is 0.352 e. The average Bonchev–Trinajstić information content (AvgIpc) is 2.96. The fraction of sp³-hybridized carbons (Fsp3) is 0.355. The van der Waals surface area contributed by atoms with E-state index in [1.807, 2.05) is 43.3 Å². The molecule has 7 nitrogen and oxygen atoms in total. The van der Waals surface area contributed by atoms with E-state index in [-0.39, 0.29) is 23.4 Å². The highest BCUT2D eigenvalue weighted by Gasteiger charge is 2.33. The molecular formula is C31H36BrN3O4S. The third-order valence-corrected chi connectivity index (χ3v) is 9.63. The normalized spacial score (nSPS) is 14.8. The Hall–Kier alpha value is -3.17. The van der Waals surface area contributed by atoms with Crippen LogP contribution in [0.5, 0.6) is 0 Å². The number of carbonyl (C=O) groups excluding carboxylic acids is 2. The van der Waals surface area contributed by atoms with Crippen molar-refractivity contribution in [1.82, 2.24) is 10.2 Å². The maximum Gasteiger partial charge on any atom is 0.264 e. The molecule has 0 spiro atoms. The zero-order valence-electron chi connectivity index (χ0n) is 22.9. The van der Waals surface area contributed by atoms with Crippen LogP contribution in [0.15, 0.2) is 88.2 Å². The molecule has 0 saturated heterocycles. The minimum absolute atomic E-state index is 0.0888. The van der Waals surface area contributed by atoms with Crippen molar-refractivity contribution >= 4 is 43.5 Å². The monoisotopic (exact) mass is 625 g/mol. The van der Waals surface area contributed by atoms with E-state index in [9.17, 15) is 18.0 Å². The molecule has 0 radical (unpaired) electrons. The molecule has 40 heavy (non-hydrogen) atoms. The molecule has 3 aromatic carbocycles. The van der Waals surface area contributed by atoms with Gasteiger partial charge in [-0.25, -0.2) is 8.42 Å². The number of sulfonamides is 1. The Morgan fingerprint density at radius 2 is 1.55 bits per heavy atom. The molecule has 3 aromatic rings. The minimum Gasteiger partial charge on any atom is -0.352 e. The lowest BCUT2D eigenvalue weighted by atomic mass is 9.95. The van der Waals surface area contributed by atoms with Gasteiger partial charge in [0.1, 0.15) is 12.6 Å². The Balaban J connectivity index is 1.65. The topological polar surface area (TPSA) is 86.8 Å². The summed E-state index contributed by atoms with van der Waals surface area (Å²) in [6.45, 7) is 3.34. The van der Waals surface area contributed by atoms with Crippen molar-refractivity contribution in [2.45, 2.75) is 69.5 Å². The molecule has 2 amide bonds. The fourth-order valence-electron chi connectivity index (χ4n) is 4.90. The van der Waals surface area contributed by atoms with Crippen LogP contribution in [-0.2, 0) is 26.2 Å². The van der Waals surface area contributed by atoms with Crippen LogP contribution in [0.1, 0.15) is 50.2 Å². The van der Waals surface area contributed by atoms with Crippen molar-refractivity contribution in [1.29, 1.82) is 0 Å². The zero-order chi connectivity index (χ0) is 28.7. The summed E-state index contributed by atoms with van der Waals surface area (Å²) in [4.78, 5) is 28.9. The van der Waals surface area contributed by atoms with Gasteiger partial charge in [-0.05, 0) is 68.7 Å². The molecule has 0 heterocycles. The van der Waals surface area contributed by atoms with Crippen molar-refractivity contribution < 1.29 is 18.0 Å². The smallest absolute Gasteiger partial charge is 0.264 e. The molecule has 1 atom stereocenters. The second kappa shape index (κ2) is 13.5. The Kier molecular flexibility index (Phi) is 10.0. The third-order valence-electron chi connectivity index (χ3n) is 7.32. The lowest BCUT2D eigenvalue weighted by Crippen LogP contribution is -2.53. The van der Waals surface area contributed by atoms with Gasteiger partial charge in [-0.3, -0.25) is 13.9 Å². The van der Waals surface area contributed by atoms with Crippen LogP contribution >= 0.6 is 15.9 Å². The summed E-state index contributed by atoms with van der Waals surface area (Å²) in [7, 11) is -4.06. The summed E-state index contributed by atoms with van der Waals surface area (Å²) >= 11 is 3.44. The number of halogens is 1. The lowest BCUT2D eigenvalue weighted by Gasteiger charge is -2.33. The van der Waals surface area contributed by atoms with E-state index < -0.39 is 28.5 Å². The first-order valence-electron chi connectivity index (χ1n) is 13.6. The van der Waals surface area contributed by atoms with Crippen LogP contribution < -0.4 is 9.62 Å². The summed E-state index contributed by atoms with van der Waals surface area (Å²) < 4.78 is 29.6. The standard InChI is InChI=1S/C31H36BrN3O4S/c1-23-13-19-28(20-14-23)35(40(38,39)29-11-7-4-8-12-29)22-30(36)34(21-25-15-17-26(32)18-16-25)24(2)31(37)33-27-9-5-3-6-10-27/h4,7-8,11-20,24,27H,3,5-6,9-10,21-22H2,1-2H3,(H,33,37)/t24-/m0/s1. The number of anilines is 1. The van der Waals surface area contributed by atoms with Crippen molar-refractivity contribution in [2.24, 2.45) is 0 Å². The first-order valence-corrected chi connectivity index (χ1v) is 15.9. The van der Waals surface area contributed by atoms with Crippen molar-refractivity contribution in [3.05, 3.63) is 94.5 Å². The highest BCUT2D eigenvalue weighted by atomic mass is 79.9. The van der Waals surface area contributed by atoms with Crippen LogP contribution in [0.2, 0.25) is 0 Å². The van der Waals surface area contributed by atoms with E-state index in [0.29, 0.717) is 5.69 Å². The zero-order valence-corrected chi connectivity index (χ0v) is 25.3. The summed E-state index contributed by atoms with van der Waals surface area (Å²) in [6, 6.07) is 21.9. The molecule has 1 aliphatic rings. The number of carbonyl (C=O) groups is 2. The predicted octanol–water partition coefficient (Wildman–Crippen LogP) is 5.82. The molecule has 1 saturated carbocycles. The number of hydrogen-bond acceptors (Lipinski definition) is 4. The molecule has 0 aliphatic heterocycles. The van der Waals surface area contributed by atoms with Gasteiger partial charge in [-0.2, -0.15) is 0 Å². The molecule has 0 aromatic heterocycles. The van der Waals surface area contributed by atoms with Crippen LogP contribution in [0.25, 0.3) is 0 Å². The third kappa shape index (κ3) is 7.52. The molecule has 1 N–H and O–H groups in total. The number of benzene rings is 3. The van der Waals surface area contributed by atoms with Gasteiger partial charge < -0.3 is 10.2 Å². The average molecular weight is 627 g/mol. The van der Waals surface area contributed by atoms with Gasteiger partial charge in [0, 0.05) is 17.1 Å². The van der Waals surface area contributed by atoms with Crippen LogP contribution in [0.3, 0.4) is 0 Å². The van der Waals surface area contributed by atoms with Gasteiger partial charge >= 0.3 is 0 Å². The molecule has 1 aliphatic carbocycles. The van der Waals surface area contributed by atoms with E-state index in [0.717, 1.165) is 45.6 Å². The molecular weight excluding hydrogens is 590 g/mol. The number of rotatable bonds is 10. The molecule has 0 unspecified atom stereocenters. The van der Waals surface area contributed by atoms with Crippen LogP contribution in [0.4, 0.5) is 5.69 Å². The second-order valence-electron chi connectivity index (χ2n) is 10.3. The van der Waals surface area contributed by atoms with Gasteiger partial charge in [0.25, 0.3) is 10.0 Å². The Morgan fingerprint density at radius 1 is 0.925 bits per heavy atom. The lowest BCUT2D eigenvalue weighted by molar-refractivity contribution is -0.139. The van der Waals surface area contributed by atoms with E-state index >= 15 is 0 Å². The van der Waals surface area contributed by atoms with Crippen LogP contribution in [0, 0.1) is 6.92 Å². The number of amides is 2. The van der Waals surface area contributed by atoms with Crippen LogP contribution in [-0.4, -0.2) is 43.8 Å². The van der Waals surface area contributed by atoms with Crippen molar-refractivity contribution in [3.63, 3.8) is 0 Å².